The number of hydrogen-bond donors (Lipinski definition) is 2. The molecule has 19 heavy (non-hydrogen) atoms. The van der Waals surface area contributed by atoms with E-state index < -0.39 is 11.6 Å². The van der Waals surface area contributed by atoms with Gasteiger partial charge in [-0.05, 0) is 18.6 Å². The van der Waals surface area contributed by atoms with Crippen molar-refractivity contribution in [2.75, 3.05) is 0 Å². The van der Waals surface area contributed by atoms with E-state index >= 15 is 0 Å². The van der Waals surface area contributed by atoms with Gasteiger partial charge in [0.1, 0.15) is 23.2 Å². The van der Waals surface area contributed by atoms with Gasteiger partial charge in [-0.1, -0.05) is 0 Å². The summed E-state index contributed by atoms with van der Waals surface area (Å²) in [4.78, 5) is 3.93. The summed E-state index contributed by atoms with van der Waals surface area (Å²) in [5.41, 5.74) is 6.43. The van der Waals surface area contributed by atoms with Gasteiger partial charge in [0.15, 0.2) is 0 Å². The maximum atomic E-state index is 13.1. The topological polar surface area (TPSA) is 72.0 Å². The predicted molar refractivity (Wildman–Crippen MR) is 66.4 cm³/mol. The van der Waals surface area contributed by atoms with Crippen molar-refractivity contribution >= 4 is 5.84 Å². The summed E-state index contributed by atoms with van der Waals surface area (Å²) in [5.74, 6) is -1.74. The van der Waals surface area contributed by atoms with E-state index in [0.29, 0.717) is 11.1 Å². The van der Waals surface area contributed by atoms with Crippen LogP contribution in [0.3, 0.4) is 0 Å². The molecule has 6 heteroatoms. The van der Waals surface area contributed by atoms with Gasteiger partial charge in [-0.25, -0.2) is 13.8 Å². The standard InChI is InChI=1S/C13H11F2N3O/c1-7-2-3-18-13(11(7)12(16)17)19-10-5-8(14)4-9(15)6-10/h2-6H,1H3,(H3,16,17). The molecule has 0 saturated heterocycles. The van der Waals surface area contributed by atoms with E-state index in [1.54, 1.807) is 13.0 Å². The fourth-order valence-corrected chi connectivity index (χ4v) is 1.64. The number of aromatic nitrogens is 1. The van der Waals surface area contributed by atoms with Crippen molar-refractivity contribution in [1.29, 1.82) is 5.41 Å². The van der Waals surface area contributed by atoms with Crippen LogP contribution < -0.4 is 10.5 Å². The lowest BCUT2D eigenvalue weighted by atomic mass is 10.1. The van der Waals surface area contributed by atoms with Gasteiger partial charge in [0.25, 0.3) is 0 Å². The van der Waals surface area contributed by atoms with Crippen LogP contribution in [0.5, 0.6) is 11.6 Å². The molecule has 1 aromatic heterocycles. The number of nitrogens with one attached hydrogen (secondary N) is 1. The average molecular weight is 263 g/mol. The largest absolute Gasteiger partial charge is 0.438 e. The summed E-state index contributed by atoms with van der Waals surface area (Å²) >= 11 is 0. The lowest BCUT2D eigenvalue weighted by molar-refractivity contribution is 0.450. The minimum Gasteiger partial charge on any atom is -0.438 e. The lowest BCUT2D eigenvalue weighted by Crippen LogP contribution is -2.14. The molecule has 0 fully saturated rings. The Morgan fingerprint density at radius 3 is 2.47 bits per heavy atom. The van der Waals surface area contributed by atoms with E-state index in [-0.39, 0.29) is 17.5 Å². The number of ether oxygens (including phenoxy) is 1. The molecule has 4 nitrogen and oxygen atoms in total. The number of aryl methyl sites for hydroxylation is 1. The Bertz CT molecular complexity index is 624. The number of halogens is 2. The summed E-state index contributed by atoms with van der Waals surface area (Å²) in [6.07, 6.45) is 1.47. The number of nitrogens with zero attached hydrogens (tertiary/aromatic N) is 1. The van der Waals surface area contributed by atoms with Gasteiger partial charge in [0.05, 0.1) is 5.56 Å². The molecule has 0 bridgehead atoms. The van der Waals surface area contributed by atoms with Crippen LogP contribution in [0, 0.1) is 24.0 Å². The molecule has 0 saturated carbocycles. The van der Waals surface area contributed by atoms with Crippen molar-refractivity contribution < 1.29 is 13.5 Å². The smallest absolute Gasteiger partial charge is 0.230 e. The predicted octanol–water partition coefficient (Wildman–Crippen LogP) is 2.74. The molecule has 2 aromatic rings. The Balaban J connectivity index is 2.43. The quantitative estimate of drug-likeness (QED) is 0.660. The molecule has 0 radical (unpaired) electrons. The van der Waals surface area contributed by atoms with Crippen LogP contribution in [-0.4, -0.2) is 10.8 Å². The van der Waals surface area contributed by atoms with Gasteiger partial charge in [-0.15, -0.1) is 0 Å². The molecule has 1 heterocycles. The second kappa shape index (κ2) is 5.01. The monoisotopic (exact) mass is 263 g/mol. The van der Waals surface area contributed by atoms with Crippen molar-refractivity contribution in [2.45, 2.75) is 6.92 Å². The molecule has 0 spiro atoms. The molecule has 0 unspecified atom stereocenters. The Kier molecular flexibility index (Phi) is 3.41. The third-order valence-electron chi connectivity index (χ3n) is 2.44. The average Bonchev–Trinajstić information content (AvgIpc) is 2.26. The molecular formula is C13H11F2N3O. The highest BCUT2D eigenvalue weighted by Gasteiger charge is 2.13. The number of rotatable bonds is 3. The van der Waals surface area contributed by atoms with Gasteiger partial charge >= 0.3 is 0 Å². The van der Waals surface area contributed by atoms with Crippen LogP contribution in [0.25, 0.3) is 0 Å². The van der Waals surface area contributed by atoms with E-state index in [1.165, 1.54) is 6.20 Å². The SMILES string of the molecule is Cc1ccnc(Oc2cc(F)cc(F)c2)c1C(=N)N. The minimum atomic E-state index is -0.757. The summed E-state index contributed by atoms with van der Waals surface area (Å²) in [5, 5.41) is 7.48. The first kappa shape index (κ1) is 12.9. The van der Waals surface area contributed by atoms with Crippen LogP contribution in [0.4, 0.5) is 8.78 Å². The zero-order valence-electron chi connectivity index (χ0n) is 10.1. The summed E-state index contributed by atoms with van der Waals surface area (Å²) < 4.78 is 31.4. The second-order valence-electron chi connectivity index (χ2n) is 3.93. The van der Waals surface area contributed by atoms with Crippen molar-refractivity contribution in [3.63, 3.8) is 0 Å². The number of hydrogen-bond acceptors (Lipinski definition) is 3. The van der Waals surface area contributed by atoms with Crippen LogP contribution in [0.1, 0.15) is 11.1 Å². The first-order valence-corrected chi connectivity index (χ1v) is 5.41. The van der Waals surface area contributed by atoms with Gasteiger partial charge in [0, 0.05) is 24.4 Å². The Hall–Kier alpha value is -2.50. The van der Waals surface area contributed by atoms with E-state index in [9.17, 15) is 8.78 Å². The lowest BCUT2D eigenvalue weighted by Gasteiger charge is -2.11. The molecule has 0 amide bonds. The van der Waals surface area contributed by atoms with E-state index in [2.05, 4.69) is 4.98 Å². The Labute approximate surface area is 108 Å². The molecule has 0 aliphatic carbocycles. The van der Waals surface area contributed by atoms with Crippen LogP contribution in [0.2, 0.25) is 0 Å². The zero-order chi connectivity index (χ0) is 14.0. The van der Waals surface area contributed by atoms with Crippen molar-refractivity contribution in [3.05, 3.63) is 53.2 Å². The first-order chi connectivity index (χ1) is 8.97. The maximum Gasteiger partial charge on any atom is 0.230 e. The Morgan fingerprint density at radius 1 is 1.26 bits per heavy atom. The van der Waals surface area contributed by atoms with Crippen molar-refractivity contribution in [2.24, 2.45) is 5.73 Å². The molecule has 0 aliphatic heterocycles. The first-order valence-electron chi connectivity index (χ1n) is 5.41. The fourth-order valence-electron chi connectivity index (χ4n) is 1.64. The molecule has 0 atom stereocenters. The van der Waals surface area contributed by atoms with Gasteiger partial charge in [-0.3, -0.25) is 5.41 Å². The van der Waals surface area contributed by atoms with E-state index in [4.69, 9.17) is 15.9 Å². The summed E-state index contributed by atoms with van der Waals surface area (Å²) in [6, 6.07) is 4.45. The third-order valence-corrected chi connectivity index (χ3v) is 2.44. The number of benzene rings is 1. The van der Waals surface area contributed by atoms with Gasteiger partial charge in [0.2, 0.25) is 5.88 Å². The van der Waals surface area contributed by atoms with Crippen LogP contribution in [-0.2, 0) is 0 Å². The minimum absolute atomic E-state index is 0.0394. The summed E-state index contributed by atoms with van der Waals surface area (Å²) in [6.45, 7) is 1.73. The third kappa shape index (κ3) is 2.85. The van der Waals surface area contributed by atoms with Gasteiger partial charge in [-0.2, -0.15) is 0 Å². The molecule has 98 valence electrons. The summed E-state index contributed by atoms with van der Waals surface area (Å²) in [7, 11) is 0. The Morgan fingerprint density at radius 2 is 1.89 bits per heavy atom. The number of nitrogen functional groups attached to an aromatic ring is 1. The molecule has 2 rings (SSSR count). The normalized spacial score (nSPS) is 10.3. The van der Waals surface area contributed by atoms with E-state index in [0.717, 1.165) is 18.2 Å². The molecule has 3 N–H and O–H groups in total. The molecule has 1 aromatic carbocycles. The number of nitrogens with two attached hydrogens (primary N) is 1. The fraction of sp³-hybridized carbons (Fsp3) is 0.0769. The highest BCUT2D eigenvalue weighted by Crippen LogP contribution is 2.26. The number of amidine groups is 1. The molecule has 0 aliphatic rings. The maximum absolute atomic E-state index is 13.1. The van der Waals surface area contributed by atoms with Crippen molar-refractivity contribution in [1.82, 2.24) is 4.98 Å². The number of pyridine rings is 1. The van der Waals surface area contributed by atoms with Gasteiger partial charge < -0.3 is 10.5 Å². The zero-order valence-corrected chi connectivity index (χ0v) is 10.1. The van der Waals surface area contributed by atoms with Crippen molar-refractivity contribution in [3.8, 4) is 11.6 Å². The van der Waals surface area contributed by atoms with Crippen LogP contribution >= 0.6 is 0 Å². The molecular weight excluding hydrogens is 252 g/mol. The van der Waals surface area contributed by atoms with E-state index in [1.807, 2.05) is 0 Å². The highest BCUT2D eigenvalue weighted by atomic mass is 19.1. The second-order valence-corrected chi connectivity index (χ2v) is 3.93. The van der Waals surface area contributed by atoms with Crippen LogP contribution in [0.15, 0.2) is 30.5 Å². The highest BCUT2D eigenvalue weighted by molar-refractivity contribution is 5.98.